The molecule has 2 atom stereocenters. The van der Waals surface area contributed by atoms with E-state index in [1.807, 2.05) is 57.2 Å². The smallest absolute Gasteiger partial charge is 0.408 e. The van der Waals surface area contributed by atoms with Crippen LogP contribution >= 0.6 is 11.8 Å². The molecule has 270 valence electrons. The molecular formula is C40H54N4O5S. The number of nitrogens with one attached hydrogen (secondary N) is 1. The van der Waals surface area contributed by atoms with Crippen molar-refractivity contribution in [3.05, 3.63) is 87.8 Å². The molecule has 0 bridgehead atoms. The van der Waals surface area contributed by atoms with Crippen LogP contribution in [-0.4, -0.2) is 52.7 Å². The van der Waals surface area contributed by atoms with Crippen molar-refractivity contribution in [3.63, 3.8) is 0 Å². The van der Waals surface area contributed by atoms with Crippen molar-refractivity contribution in [1.29, 1.82) is 0 Å². The Bertz CT molecular complexity index is 1650. The summed E-state index contributed by atoms with van der Waals surface area (Å²) in [7, 11) is 0. The van der Waals surface area contributed by atoms with Gasteiger partial charge in [0, 0.05) is 30.5 Å². The molecule has 0 radical (unpaired) electrons. The summed E-state index contributed by atoms with van der Waals surface area (Å²) in [6, 6.07) is 18.2. The van der Waals surface area contributed by atoms with E-state index < -0.39 is 11.7 Å². The average Bonchev–Trinajstić information content (AvgIpc) is 3.38. The van der Waals surface area contributed by atoms with E-state index in [0.717, 1.165) is 56.1 Å². The van der Waals surface area contributed by atoms with Gasteiger partial charge in [-0.15, -0.1) is 11.8 Å². The number of thioether (sulfide) groups is 1. The van der Waals surface area contributed by atoms with Crippen molar-refractivity contribution < 1.29 is 19.1 Å². The SMILES string of the molecule is CCCCC(CC)COC(=O)CCSc1cnc(N2CCC3(CC2)Cc2ccccc2[C@H]3NC(=O)OC(C)(C)C)n(Cc2ccccc2)c1=O. The van der Waals surface area contributed by atoms with Crippen LogP contribution in [0.2, 0.25) is 0 Å². The summed E-state index contributed by atoms with van der Waals surface area (Å²) < 4.78 is 13.0. The molecule has 1 aromatic heterocycles. The summed E-state index contributed by atoms with van der Waals surface area (Å²) in [5, 5.41) is 3.23. The van der Waals surface area contributed by atoms with Gasteiger partial charge in [-0.3, -0.25) is 14.2 Å². The standard InChI is InChI=1S/C40H54N4O5S/c1-6-8-14-29(7-2)28-48-34(45)19-24-50-33-26-41-37(44(36(33)46)27-30-15-10-9-11-16-30)43-22-20-40(21-23-43)25-31-17-12-13-18-32(31)35(40)42-38(47)49-39(3,4)5/h9-13,15-18,26,29,35H,6-8,14,19-25,27-28H2,1-5H3,(H,42,47)/t29?,35-/m1/s1. The first-order chi connectivity index (χ1) is 24.0. The Hall–Kier alpha value is -3.79. The fraction of sp³-hybridized carbons (Fsp3) is 0.550. The molecule has 1 spiro atoms. The fourth-order valence-corrected chi connectivity index (χ4v) is 8.06. The second-order valence-corrected chi connectivity index (χ2v) is 15.9. The second-order valence-electron chi connectivity index (χ2n) is 14.8. The van der Waals surface area contributed by atoms with E-state index >= 15 is 0 Å². The predicted molar refractivity (Wildman–Crippen MR) is 200 cm³/mol. The lowest BCUT2D eigenvalue weighted by atomic mass is 9.73. The Morgan fingerprint density at radius 1 is 1.06 bits per heavy atom. The van der Waals surface area contributed by atoms with E-state index in [4.69, 9.17) is 14.5 Å². The summed E-state index contributed by atoms with van der Waals surface area (Å²) in [4.78, 5) is 47.2. The van der Waals surface area contributed by atoms with Gasteiger partial charge in [0.2, 0.25) is 5.95 Å². The number of unbranched alkanes of at least 4 members (excludes halogenated alkanes) is 1. The first kappa shape index (κ1) is 37.5. The highest BCUT2D eigenvalue weighted by Crippen LogP contribution is 2.52. The zero-order chi connectivity index (χ0) is 35.7. The van der Waals surface area contributed by atoms with Crippen LogP contribution < -0.4 is 15.8 Å². The quantitative estimate of drug-likeness (QED) is 0.133. The van der Waals surface area contributed by atoms with Gasteiger partial charge in [-0.2, -0.15) is 0 Å². The average molecular weight is 703 g/mol. The lowest BCUT2D eigenvalue weighted by molar-refractivity contribution is -0.144. The minimum Gasteiger partial charge on any atom is -0.465 e. The molecule has 1 fully saturated rings. The van der Waals surface area contributed by atoms with Crippen molar-refractivity contribution in [2.24, 2.45) is 11.3 Å². The van der Waals surface area contributed by atoms with E-state index in [0.29, 0.717) is 48.8 Å². The van der Waals surface area contributed by atoms with Gasteiger partial charge in [0.25, 0.3) is 5.56 Å². The number of benzene rings is 2. The first-order valence-corrected chi connectivity index (χ1v) is 19.2. The first-order valence-electron chi connectivity index (χ1n) is 18.3. The number of piperidine rings is 1. The van der Waals surface area contributed by atoms with Gasteiger partial charge in [-0.25, -0.2) is 9.78 Å². The molecular weight excluding hydrogens is 649 g/mol. The molecule has 1 aliphatic carbocycles. The van der Waals surface area contributed by atoms with Crippen LogP contribution in [0.25, 0.3) is 0 Å². The third-order valence-electron chi connectivity index (χ3n) is 9.99. The number of carbonyl (C=O) groups is 2. The summed E-state index contributed by atoms with van der Waals surface area (Å²) in [6.45, 7) is 12.2. The summed E-state index contributed by atoms with van der Waals surface area (Å²) in [6.07, 6.45) is 8.35. The van der Waals surface area contributed by atoms with Crippen molar-refractivity contribution in [2.75, 3.05) is 30.3 Å². The van der Waals surface area contributed by atoms with Crippen LogP contribution in [0.4, 0.5) is 10.7 Å². The van der Waals surface area contributed by atoms with E-state index in [-0.39, 0.29) is 29.4 Å². The number of fused-ring (bicyclic) bond motifs is 1. The lowest BCUT2D eigenvalue weighted by Crippen LogP contribution is -2.48. The molecule has 2 aliphatic rings. The third-order valence-corrected chi connectivity index (χ3v) is 11.0. The highest BCUT2D eigenvalue weighted by atomic mass is 32.2. The number of alkyl carbamates (subject to hydrolysis) is 1. The minimum absolute atomic E-state index is 0.110. The minimum atomic E-state index is -0.591. The summed E-state index contributed by atoms with van der Waals surface area (Å²) in [5.41, 5.74) is 2.55. The van der Waals surface area contributed by atoms with Gasteiger partial charge in [0.05, 0.1) is 30.5 Å². The van der Waals surface area contributed by atoms with E-state index in [9.17, 15) is 14.4 Å². The molecule has 1 amide bonds. The molecule has 2 heterocycles. The molecule has 1 N–H and O–H groups in total. The molecule has 3 aromatic rings. The number of esters is 1. The van der Waals surface area contributed by atoms with Gasteiger partial charge < -0.3 is 19.7 Å². The Kier molecular flexibility index (Phi) is 12.7. The highest BCUT2D eigenvalue weighted by Gasteiger charge is 2.49. The van der Waals surface area contributed by atoms with Crippen LogP contribution in [0.3, 0.4) is 0 Å². The van der Waals surface area contributed by atoms with Gasteiger partial charge in [0.15, 0.2) is 0 Å². The number of anilines is 1. The molecule has 5 rings (SSSR count). The lowest BCUT2D eigenvalue weighted by Gasteiger charge is -2.44. The summed E-state index contributed by atoms with van der Waals surface area (Å²) >= 11 is 1.36. The van der Waals surface area contributed by atoms with Crippen molar-refractivity contribution in [3.8, 4) is 0 Å². The van der Waals surface area contributed by atoms with Crippen molar-refractivity contribution in [2.45, 2.75) is 109 Å². The molecule has 1 unspecified atom stereocenters. The number of rotatable bonds is 14. The van der Waals surface area contributed by atoms with E-state index in [2.05, 4.69) is 42.3 Å². The zero-order valence-corrected chi connectivity index (χ0v) is 31.2. The maximum absolute atomic E-state index is 14.1. The Balaban J connectivity index is 1.30. The Morgan fingerprint density at radius 2 is 1.78 bits per heavy atom. The molecule has 10 heteroatoms. The number of ether oxygens (including phenoxy) is 2. The predicted octanol–water partition coefficient (Wildman–Crippen LogP) is 7.94. The van der Waals surface area contributed by atoms with Gasteiger partial charge in [-0.1, -0.05) is 87.7 Å². The van der Waals surface area contributed by atoms with Crippen LogP contribution in [0.1, 0.15) is 102 Å². The van der Waals surface area contributed by atoms with Crippen LogP contribution in [0.5, 0.6) is 0 Å². The van der Waals surface area contributed by atoms with E-state index in [1.54, 1.807) is 10.8 Å². The maximum Gasteiger partial charge on any atom is 0.408 e. The Labute approximate surface area is 301 Å². The number of aromatic nitrogens is 2. The van der Waals surface area contributed by atoms with Crippen LogP contribution in [0, 0.1) is 11.3 Å². The summed E-state index contributed by atoms with van der Waals surface area (Å²) in [5.74, 6) is 1.26. The third kappa shape index (κ3) is 9.50. The van der Waals surface area contributed by atoms with Gasteiger partial charge in [0.1, 0.15) is 5.60 Å². The zero-order valence-electron chi connectivity index (χ0n) is 30.4. The molecule has 1 aliphatic heterocycles. The van der Waals surface area contributed by atoms with Crippen molar-refractivity contribution in [1.82, 2.24) is 14.9 Å². The van der Waals surface area contributed by atoms with Gasteiger partial charge in [-0.05, 0) is 69.1 Å². The molecule has 2 aromatic carbocycles. The molecule has 9 nitrogen and oxygen atoms in total. The van der Waals surface area contributed by atoms with Crippen LogP contribution in [-0.2, 0) is 27.2 Å². The molecule has 50 heavy (non-hydrogen) atoms. The normalized spacial score (nSPS) is 17.3. The monoisotopic (exact) mass is 702 g/mol. The van der Waals surface area contributed by atoms with Crippen molar-refractivity contribution >= 4 is 29.8 Å². The topological polar surface area (TPSA) is 103 Å². The number of amides is 1. The number of carbonyl (C=O) groups excluding carboxylic acids is 2. The Morgan fingerprint density at radius 3 is 2.48 bits per heavy atom. The molecule has 1 saturated heterocycles. The molecule has 0 saturated carbocycles. The second kappa shape index (κ2) is 16.9. The fourth-order valence-electron chi connectivity index (χ4n) is 7.21. The van der Waals surface area contributed by atoms with Gasteiger partial charge >= 0.3 is 12.1 Å². The highest BCUT2D eigenvalue weighted by molar-refractivity contribution is 7.99. The number of nitrogens with zero attached hydrogens (tertiary/aromatic N) is 3. The maximum atomic E-state index is 14.1. The number of hydrogen-bond acceptors (Lipinski definition) is 8. The number of hydrogen-bond donors (Lipinski definition) is 1. The van der Waals surface area contributed by atoms with Crippen LogP contribution in [0.15, 0.2) is 70.5 Å². The van der Waals surface area contributed by atoms with E-state index in [1.165, 1.54) is 17.3 Å². The largest absolute Gasteiger partial charge is 0.465 e.